The molecule has 1 unspecified atom stereocenters. The number of anilines is 1. The van der Waals surface area contributed by atoms with Gasteiger partial charge in [-0.1, -0.05) is 6.92 Å². The zero-order valence-corrected chi connectivity index (χ0v) is 11.9. The standard InChI is InChI=1S/C15H17FN4O/c1-2-13-14(16)15(19-10-18-13)20-7-5-12(9-20)21-11-4-3-6-17-8-11/h3-4,6,8,10,12H,2,5,7,9H2,1H3. The van der Waals surface area contributed by atoms with Gasteiger partial charge in [-0.3, -0.25) is 4.98 Å². The normalized spacial score (nSPS) is 18.0. The molecule has 0 N–H and O–H groups in total. The van der Waals surface area contributed by atoms with Crippen LogP contribution in [0.5, 0.6) is 5.75 Å². The van der Waals surface area contributed by atoms with Gasteiger partial charge >= 0.3 is 0 Å². The summed E-state index contributed by atoms with van der Waals surface area (Å²) in [4.78, 5) is 14.0. The summed E-state index contributed by atoms with van der Waals surface area (Å²) in [6.45, 7) is 3.22. The highest BCUT2D eigenvalue weighted by molar-refractivity contribution is 5.42. The first-order valence-electron chi connectivity index (χ1n) is 7.09. The monoisotopic (exact) mass is 288 g/mol. The fourth-order valence-electron chi connectivity index (χ4n) is 2.49. The van der Waals surface area contributed by atoms with E-state index in [9.17, 15) is 4.39 Å². The molecule has 5 nitrogen and oxygen atoms in total. The Morgan fingerprint density at radius 1 is 1.43 bits per heavy atom. The number of halogens is 1. The number of aromatic nitrogens is 3. The Balaban J connectivity index is 1.70. The van der Waals surface area contributed by atoms with E-state index < -0.39 is 0 Å². The second-order valence-corrected chi connectivity index (χ2v) is 4.97. The largest absolute Gasteiger partial charge is 0.487 e. The van der Waals surface area contributed by atoms with Gasteiger partial charge in [-0.05, 0) is 18.6 Å². The summed E-state index contributed by atoms with van der Waals surface area (Å²) in [5, 5.41) is 0. The number of hydrogen-bond donors (Lipinski definition) is 0. The minimum atomic E-state index is -0.318. The molecule has 0 aliphatic carbocycles. The van der Waals surface area contributed by atoms with Crippen LogP contribution in [0.2, 0.25) is 0 Å². The van der Waals surface area contributed by atoms with Gasteiger partial charge in [-0.15, -0.1) is 0 Å². The number of nitrogens with zero attached hydrogens (tertiary/aromatic N) is 4. The lowest BCUT2D eigenvalue weighted by Gasteiger charge is -2.19. The Morgan fingerprint density at radius 3 is 3.10 bits per heavy atom. The summed E-state index contributed by atoms with van der Waals surface area (Å²) in [6, 6.07) is 3.70. The first kappa shape index (κ1) is 13.7. The van der Waals surface area contributed by atoms with Crippen LogP contribution in [0.15, 0.2) is 30.9 Å². The molecule has 1 aliphatic heterocycles. The van der Waals surface area contributed by atoms with Crippen LogP contribution in [0.3, 0.4) is 0 Å². The molecule has 0 radical (unpaired) electrons. The highest BCUT2D eigenvalue weighted by atomic mass is 19.1. The molecule has 2 aromatic rings. The van der Waals surface area contributed by atoms with Crippen molar-refractivity contribution >= 4 is 5.82 Å². The topological polar surface area (TPSA) is 51.1 Å². The Labute approximate surface area is 122 Å². The van der Waals surface area contributed by atoms with Gasteiger partial charge in [-0.25, -0.2) is 14.4 Å². The summed E-state index contributed by atoms with van der Waals surface area (Å²) in [6.07, 6.45) is 6.23. The van der Waals surface area contributed by atoms with Crippen LogP contribution in [-0.4, -0.2) is 34.1 Å². The SMILES string of the molecule is CCc1ncnc(N2CCC(Oc3cccnc3)C2)c1F. The second-order valence-electron chi connectivity index (χ2n) is 4.97. The van der Waals surface area contributed by atoms with Crippen LogP contribution < -0.4 is 9.64 Å². The van der Waals surface area contributed by atoms with Crippen molar-refractivity contribution in [3.8, 4) is 5.75 Å². The molecule has 0 spiro atoms. The molecule has 3 heterocycles. The molecular formula is C15H17FN4O. The predicted molar refractivity (Wildman–Crippen MR) is 76.9 cm³/mol. The van der Waals surface area contributed by atoms with Crippen molar-refractivity contribution in [1.82, 2.24) is 15.0 Å². The third kappa shape index (κ3) is 2.94. The molecule has 0 aromatic carbocycles. The van der Waals surface area contributed by atoms with Crippen molar-refractivity contribution < 1.29 is 9.13 Å². The number of hydrogen-bond acceptors (Lipinski definition) is 5. The molecule has 1 saturated heterocycles. The highest BCUT2D eigenvalue weighted by Crippen LogP contribution is 2.24. The van der Waals surface area contributed by atoms with Crippen LogP contribution >= 0.6 is 0 Å². The Kier molecular flexibility index (Phi) is 3.94. The van der Waals surface area contributed by atoms with E-state index in [1.54, 1.807) is 12.4 Å². The molecule has 0 saturated carbocycles. The van der Waals surface area contributed by atoms with E-state index in [4.69, 9.17) is 4.74 Å². The third-order valence-electron chi connectivity index (χ3n) is 3.56. The first-order chi connectivity index (χ1) is 10.3. The van der Waals surface area contributed by atoms with Crippen molar-refractivity contribution in [1.29, 1.82) is 0 Å². The molecule has 2 aromatic heterocycles. The Morgan fingerprint density at radius 2 is 2.33 bits per heavy atom. The number of rotatable bonds is 4. The smallest absolute Gasteiger partial charge is 0.187 e. The van der Waals surface area contributed by atoms with E-state index in [1.807, 2.05) is 24.0 Å². The lowest BCUT2D eigenvalue weighted by molar-refractivity contribution is 0.224. The first-order valence-corrected chi connectivity index (χ1v) is 7.09. The van der Waals surface area contributed by atoms with E-state index in [2.05, 4.69) is 15.0 Å². The zero-order chi connectivity index (χ0) is 14.7. The van der Waals surface area contributed by atoms with Crippen molar-refractivity contribution in [2.75, 3.05) is 18.0 Å². The lowest BCUT2D eigenvalue weighted by atomic mass is 10.3. The summed E-state index contributed by atoms with van der Waals surface area (Å²) in [5.41, 5.74) is 0.455. The average molecular weight is 288 g/mol. The minimum absolute atomic E-state index is 0.0219. The molecule has 1 fully saturated rings. The van der Waals surface area contributed by atoms with Gasteiger partial charge in [0.25, 0.3) is 0 Å². The summed E-state index contributed by atoms with van der Waals surface area (Å²) in [5.74, 6) is 0.794. The van der Waals surface area contributed by atoms with E-state index in [0.29, 0.717) is 24.5 Å². The minimum Gasteiger partial charge on any atom is -0.487 e. The molecule has 21 heavy (non-hydrogen) atoms. The van der Waals surface area contributed by atoms with E-state index >= 15 is 0 Å². The van der Waals surface area contributed by atoms with Gasteiger partial charge in [0.1, 0.15) is 18.2 Å². The van der Waals surface area contributed by atoms with Gasteiger partial charge in [-0.2, -0.15) is 0 Å². The van der Waals surface area contributed by atoms with Crippen LogP contribution in [-0.2, 0) is 6.42 Å². The third-order valence-corrected chi connectivity index (χ3v) is 3.56. The maximum absolute atomic E-state index is 14.3. The number of aryl methyl sites for hydroxylation is 1. The van der Waals surface area contributed by atoms with Crippen LogP contribution in [0.4, 0.5) is 10.2 Å². The Bertz CT molecular complexity index is 608. The molecule has 1 aliphatic rings. The van der Waals surface area contributed by atoms with Crippen molar-refractivity contribution in [2.24, 2.45) is 0 Å². The van der Waals surface area contributed by atoms with E-state index in [0.717, 1.165) is 18.7 Å². The average Bonchev–Trinajstić information content (AvgIpc) is 2.97. The molecule has 0 bridgehead atoms. The van der Waals surface area contributed by atoms with Crippen molar-refractivity contribution in [2.45, 2.75) is 25.9 Å². The zero-order valence-electron chi connectivity index (χ0n) is 11.9. The molecular weight excluding hydrogens is 271 g/mol. The van der Waals surface area contributed by atoms with Gasteiger partial charge in [0.05, 0.1) is 18.4 Å². The summed E-state index contributed by atoms with van der Waals surface area (Å²) in [7, 11) is 0. The number of ether oxygens (including phenoxy) is 1. The highest BCUT2D eigenvalue weighted by Gasteiger charge is 2.27. The molecule has 3 rings (SSSR count). The van der Waals surface area contributed by atoms with Crippen LogP contribution in [0, 0.1) is 5.82 Å². The van der Waals surface area contributed by atoms with Crippen LogP contribution in [0.25, 0.3) is 0 Å². The van der Waals surface area contributed by atoms with E-state index in [-0.39, 0.29) is 11.9 Å². The maximum Gasteiger partial charge on any atom is 0.187 e. The molecule has 110 valence electrons. The lowest BCUT2D eigenvalue weighted by Crippen LogP contribution is -2.26. The Hall–Kier alpha value is -2.24. The maximum atomic E-state index is 14.3. The van der Waals surface area contributed by atoms with Crippen molar-refractivity contribution in [3.63, 3.8) is 0 Å². The summed E-state index contributed by atoms with van der Waals surface area (Å²) < 4.78 is 20.1. The second kappa shape index (κ2) is 6.03. The fourth-order valence-corrected chi connectivity index (χ4v) is 2.49. The predicted octanol–water partition coefficient (Wildman–Crippen LogP) is 2.23. The van der Waals surface area contributed by atoms with E-state index in [1.165, 1.54) is 6.33 Å². The van der Waals surface area contributed by atoms with Gasteiger partial charge < -0.3 is 9.64 Å². The quantitative estimate of drug-likeness (QED) is 0.863. The fraction of sp³-hybridized carbons (Fsp3) is 0.400. The molecule has 1 atom stereocenters. The summed E-state index contributed by atoms with van der Waals surface area (Å²) >= 11 is 0. The van der Waals surface area contributed by atoms with Gasteiger partial charge in [0.2, 0.25) is 0 Å². The van der Waals surface area contributed by atoms with Gasteiger partial charge in [0.15, 0.2) is 11.6 Å². The van der Waals surface area contributed by atoms with Crippen LogP contribution in [0.1, 0.15) is 19.0 Å². The van der Waals surface area contributed by atoms with Gasteiger partial charge in [0, 0.05) is 19.2 Å². The molecule has 6 heteroatoms. The van der Waals surface area contributed by atoms with Crippen molar-refractivity contribution in [3.05, 3.63) is 42.4 Å². The molecule has 0 amide bonds. The number of pyridine rings is 1.